The molecule has 0 radical (unpaired) electrons. The zero-order valence-electron chi connectivity index (χ0n) is 18.6. The number of hydrogen-bond acceptors (Lipinski definition) is 7. The normalized spacial score (nSPS) is 11.0. The standard InChI is InChI=1S/C24H21F2N3O5/c1-12-8-20(33-11-21-28-24(31)34-29-21)22(26)13(2)16(12)9-14-4-7-19(30)23(27-14)17-10-15(32-3)5-6-18(17)25/h4-8,10,30H,9,11H2,1-3H3,(H,28,29,31). The first-order valence-electron chi connectivity index (χ1n) is 10.3. The van der Waals surface area contributed by atoms with Crippen molar-refractivity contribution >= 4 is 0 Å². The highest BCUT2D eigenvalue weighted by molar-refractivity contribution is 5.68. The van der Waals surface area contributed by atoms with Gasteiger partial charge in [-0.05, 0) is 66.9 Å². The van der Waals surface area contributed by atoms with E-state index >= 15 is 4.39 Å². The second kappa shape index (κ2) is 9.34. The van der Waals surface area contributed by atoms with E-state index in [1.54, 1.807) is 26.0 Å². The zero-order valence-corrected chi connectivity index (χ0v) is 18.6. The first kappa shape index (κ1) is 23.0. The maximum absolute atomic E-state index is 15.0. The number of H-pyrrole nitrogens is 1. The summed E-state index contributed by atoms with van der Waals surface area (Å²) in [4.78, 5) is 17.8. The summed E-state index contributed by atoms with van der Waals surface area (Å²) in [6, 6.07) is 8.72. The second-order valence-corrected chi connectivity index (χ2v) is 7.63. The third-order valence-electron chi connectivity index (χ3n) is 5.39. The molecule has 2 aromatic carbocycles. The first-order chi connectivity index (χ1) is 16.3. The summed E-state index contributed by atoms with van der Waals surface area (Å²) in [5.41, 5.74) is 2.43. The van der Waals surface area contributed by atoms with Gasteiger partial charge in [0, 0.05) is 17.7 Å². The van der Waals surface area contributed by atoms with Crippen LogP contribution in [-0.2, 0) is 13.0 Å². The Labute approximate surface area is 192 Å². The number of halogens is 2. The van der Waals surface area contributed by atoms with Gasteiger partial charge in [-0.2, -0.15) is 0 Å². The lowest BCUT2D eigenvalue weighted by molar-refractivity contribution is 0.271. The fraction of sp³-hybridized carbons (Fsp3) is 0.208. The molecule has 0 aliphatic carbocycles. The monoisotopic (exact) mass is 469 g/mol. The first-order valence-corrected chi connectivity index (χ1v) is 10.3. The fourth-order valence-corrected chi connectivity index (χ4v) is 3.59. The van der Waals surface area contributed by atoms with Gasteiger partial charge < -0.3 is 14.6 Å². The molecule has 0 bridgehead atoms. The van der Waals surface area contributed by atoms with Crippen molar-refractivity contribution in [3.8, 4) is 28.5 Å². The topological polar surface area (TPSA) is 110 Å². The Bertz CT molecular complexity index is 1410. The summed E-state index contributed by atoms with van der Waals surface area (Å²) in [5, 5.41) is 13.8. The Morgan fingerprint density at radius 1 is 1.15 bits per heavy atom. The fourth-order valence-electron chi connectivity index (χ4n) is 3.59. The van der Waals surface area contributed by atoms with Crippen LogP contribution < -0.4 is 15.2 Å². The number of rotatable bonds is 7. The van der Waals surface area contributed by atoms with E-state index in [-0.39, 0.29) is 41.6 Å². The Balaban J connectivity index is 1.63. The second-order valence-electron chi connectivity index (χ2n) is 7.63. The van der Waals surface area contributed by atoms with Crippen LogP contribution in [0.15, 0.2) is 45.7 Å². The number of aromatic amines is 1. The number of hydrogen-bond donors (Lipinski definition) is 2. The number of nitrogens with zero attached hydrogens (tertiary/aromatic N) is 2. The molecule has 0 atom stereocenters. The molecule has 0 saturated carbocycles. The average molecular weight is 469 g/mol. The highest BCUT2D eigenvalue weighted by Crippen LogP contribution is 2.33. The lowest BCUT2D eigenvalue weighted by Crippen LogP contribution is -2.06. The molecule has 0 amide bonds. The molecule has 2 aromatic heterocycles. The van der Waals surface area contributed by atoms with Gasteiger partial charge in [0.05, 0.1) is 7.11 Å². The molecule has 0 unspecified atom stereocenters. The molecular weight excluding hydrogens is 448 g/mol. The minimum Gasteiger partial charge on any atom is -0.506 e. The molecule has 4 rings (SSSR count). The SMILES string of the molecule is COc1ccc(F)c(-c2nc(Cc3c(C)cc(OCc4noc(=O)[nH]4)c(F)c3C)ccc2O)c1. The van der Waals surface area contributed by atoms with Crippen LogP contribution in [0.3, 0.4) is 0 Å². The van der Waals surface area contributed by atoms with Crippen LogP contribution in [0.25, 0.3) is 11.3 Å². The molecule has 176 valence electrons. The van der Waals surface area contributed by atoms with Crippen molar-refractivity contribution < 1.29 is 27.9 Å². The van der Waals surface area contributed by atoms with E-state index in [4.69, 9.17) is 9.47 Å². The van der Waals surface area contributed by atoms with E-state index in [0.717, 1.165) is 5.56 Å². The Kier molecular flexibility index (Phi) is 6.31. The van der Waals surface area contributed by atoms with Crippen molar-refractivity contribution in [3.63, 3.8) is 0 Å². The number of methoxy groups -OCH3 is 1. The van der Waals surface area contributed by atoms with Crippen molar-refractivity contribution in [3.05, 3.63) is 86.8 Å². The highest BCUT2D eigenvalue weighted by atomic mass is 19.1. The van der Waals surface area contributed by atoms with Crippen molar-refractivity contribution in [1.29, 1.82) is 0 Å². The lowest BCUT2D eigenvalue weighted by atomic mass is 9.97. The number of pyridine rings is 1. The number of aromatic hydroxyl groups is 1. The molecule has 0 saturated heterocycles. The Hall–Kier alpha value is -4.21. The zero-order chi connectivity index (χ0) is 24.4. The van der Waals surface area contributed by atoms with Crippen LogP contribution in [0.5, 0.6) is 17.2 Å². The minimum absolute atomic E-state index is 0.000375. The van der Waals surface area contributed by atoms with E-state index in [2.05, 4.69) is 19.6 Å². The molecule has 10 heteroatoms. The van der Waals surface area contributed by atoms with E-state index in [9.17, 15) is 14.3 Å². The summed E-state index contributed by atoms with van der Waals surface area (Å²) >= 11 is 0. The van der Waals surface area contributed by atoms with Gasteiger partial charge in [0.2, 0.25) is 0 Å². The van der Waals surface area contributed by atoms with Gasteiger partial charge in [0.1, 0.15) is 29.6 Å². The number of ether oxygens (including phenoxy) is 2. The summed E-state index contributed by atoms with van der Waals surface area (Å²) in [6.45, 7) is 3.25. The van der Waals surface area contributed by atoms with Gasteiger partial charge in [-0.25, -0.2) is 18.6 Å². The lowest BCUT2D eigenvalue weighted by Gasteiger charge is -2.15. The van der Waals surface area contributed by atoms with Crippen LogP contribution in [0.1, 0.15) is 28.2 Å². The summed E-state index contributed by atoms with van der Waals surface area (Å²) in [7, 11) is 1.46. The van der Waals surface area contributed by atoms with Gasteiger partial charge in [0.15, 0.2) is 17.4 Å². The van der Waals surface area contributed by atoms with Crippen LogP contribution in [0.2, 0.25) is 0 Å². The summed E-state index contributed by atoms with van der Waals surface area (Å²) in [6.07, 6.45) is 0.240. The van der Waals surface area contributed by atoms with Crippen molar-refractivity contribution in [1.82, 2.24) is 15.1 Å². The highest BCUT2D eigenvalue weighted by Gasteiger charge is 2.18. The molecule has 8 nitrogen and oxygen atoms in total. The number of nitrogens with one attached hydrogen (secondary N) is 1. The van der Waals surface area contributed by atoms with Gasteiger partial charge in [-0.1, -0.05) is 5.16 Å². The molecule has 0 aliphatic heterocycles. The largest absolute Gasteiger partial charge is 0.506 e. The van der Waals surface area contributed by atoms with Gasteiger partial charge in [0.25, 0.3) is 0 Å². The third-order valence-corrected chi connectivity index (χ3v) is 5.39. The molecule has 0 fully saturated rings. The molecular formula is C24H21F2N3O5. The van der Waals surface area contributed by atoms with E-state index in [1.807, 2.05) is 0 Å². The Morgan fingerprint density at radius 3 is 2.65 bits per heavy atom. The van der Waals surface area contributed by atoms with Crippen molar-refractivity contribution in [2.24, 2.45) is 0 Å². The van der Waals surface area contributed by atoms with Crippen molar-refractivity contribution in [2.75, 3.05) is 7.11 Å². The summed E-state index contributed by atoms with van der Waals surface area (Å²) < 4.78 is 44.5. The van der Waals surface area contributed by atoms with Crippen LogP contribution >= 0.6 is 0 Å². The summed E-state index contributed by atoms with van der Waals surface area (Å²) in [5.74, 6) is -1.49. The van der Waals surface area contributed by atoms with E-state index in [1.165, 1.54) is 31.4 Å². The minimum atomic E-state index is -0.726. The molecule has 0 spiro atoms. The molecule has 4 aromatic rings. The van der Waals surface area contributed by atoms with E-state index in [0.29, 0.717) is 22.6 Å². The number of benzene rings is 2. The van der Waals surface area contributed by atoms with Gasteiger partial charge in [-0.15, -0.1) is 0 Å². The number of aromatic nitrogens is 3. The maximum Gasteiger partial charge on any atom is 0.439 e. The molecule has 2 N–H and O–H groups in total. The van der Waals surface area contributed by atoms with Crippen molar-refractivity contribution in [2.45, 2.75) is 26.9 Å². The van der Waals surface area contributed by atoms with E-state index < -0.39 is 17.4 Å². The average Bonchev–Trinajstić information content (AvgIpc) is 3.24. The maximum atomic E-state index is 15.0. The Morgan fingerprint density at radius 2 is 1.94 bits per heavy atom. The predicted octanol–water partition coefficient (Wildman–Crippen LogP) is 4.20. The smallest absolute Gasteiger partial charge is 0.439 e. The molecule has 34 heavy (non-hydrogen) atoms. The van der Waals surface area contributed by atoms with Gasteiger partial charge in [-0.3, -0.25) is 9.51 Å². The van der Waals surface area contributed by atoms with Crippen LogP contribution in [0.4, 0.5) is 8.78 Å². The predicted molar refractivity (Wildman–Crippen MR) is 118 cm³/mol. The van der Waals surface area contributed by atoms with Crippen LogP contribution in [-0.4, -0.2) is 27.3 Å². The van der Waals surface area contributed by atoms with Crippen LogP contribution in [0, 0.1) is 25.5 Å². The number of aryl methyl sites for hydroxylation is 1. The van der Waals surface area contributed by atoms with Gasteiger partial charge >= 0.3 is 5.76 Å². The molecule has 2 heterocycles. The quantitative estimate of drug-likeness (QED) is 0.417. The third kappa shape index (κ3) is 4.61. The molecule has 0 aliphatic rings.